The summed E-state index contributed by atoms with van der Waals surface area (Å²) in [6.07, 6.45) is 1.06. The highest BCUT2D eigenvalue weighted by Crippen LogP contribution is 2.51. The van der Waals surface area contributed by atoms with E-state index in [2.05, 4.69) is 0 Å². The largest absolute Gasteiger partial charge is 0.350 e. The summed E-state index contributed by atoms with van der Waals surface area (Å²) in [7, 11) is -3.21. The first-order valence-electron chi connectivity index (χ1n) is 6.06. The second-order valence-electron chi connectivity index (χ2n) is 4.82. The van der Waals surface area contributed by atoms with Crippen molar-refractivity contribution in [2.45, 2.75) is 52.7 Å². The highest BCUT2D eigenvalue weighted by Gasteiger charge is 2.34. The van der Waals surface area contributed by atoms with Gasteiger partial charge in [0.05, 0.1) is 12.2 Å². The van der Waals surface area contributed by atoms with Gasteiger partial charge in [-0.15, -0.1) is 0 Å². The highest BCUT2D eigenvalue weighted by molar-refractivity contribution is 7.53. The Bertz CT molecular complexity index is 303. The Labute approximate surface area is 103 Å². The zero-order valence-corrected chi connectivity index (χ0v) is 11.9. The van der Waals surface area contributed by atoms with Gasteiger partial charge in [-0.1, -0.05) is 0 Å². The van der Waals surface area contributed by atoms with Crippen molar-refractivity contribution in [3.05, 3.63) is 0 Å². The summed E-state index contributed by atoms with van der Waals surface area (Å²) in [5.74, 6) is 0.0323. The molecule has 1 fully saturated rings. The van der Waals surface area contributed by atoms with Crippen LogP contribution in [0.15, 0.2) is 0 Å². The summed E-state index contributed by atoms with van der Waals surface area (Å²) in [4.78, 5) is 13.1. The van der Waals surface area contributed by atoms with Crippen molar-refractivity contribution in [3.8, 4) is 0 Å². The van der Waals surface area contributed by atoms with Crippen LogP contribution in [0.25, 0.3) is 0 Å². The number of rotatable bonds is 6. The van der Waals surface area contributed by atoms with Crippen LogP contribution in [0.2, 0.25) is 0 Å². The zero-order chi connectivity index (χ0) is 13.1. The summed E-state index contributed by atoms with van der Waals surface area (Å²) in [5.41, 5.74) is 0. The van der Waals surface area contributed by atoms with Crippen LogP contribution < -0.4 is 0 Å². The number of likely N-dealkylation sites (tertiary alicyclic amines) is 1. The minimum Gasteiger partial charge on any atom is -0.331 e. The first-order valence-corrected chi connectivity index (χ1v) is 7.79. The number of nitrogens with zero attached hydrogens (tertiary/aromatic N) is 1. The molecule has 0 radical (unpaired) electrons. The molecule has 0 saturated carbocycles. The van der Waals surface area contributed by atoms with E-state index >= 15 is 0 Å². The van der Waals surface area contributed by atoms with Gasteiger partial charge >= 0.3 is 7.60 Å². The molecular formula is C11H22NO4P. The lowest BCUT2D eigenvalue weighted by atomic mass is 10.4. The van der Waals surface area contributed by atoms with Crippen LogP contribution in [0.1, 0.15) is 40.5 Å². The molecule has 1 heterocycles. The van der Waals surface area contributed by atoms with Crippen molar-refractivity contribution >= 4 is 13.5 Å². The predicted molar refractivity (Wildman–Crippen MR) is 65.9 cm³/mol. The summed E-state index contributed by atoms with van der Waals surface area (Å²) in [6, 6.07) is 0. The smallest absolute Gasteiger partial charge is 0.331 e. The summed E-state index contributed by atoms with van der Waals surface area (Å²) >= 11 is 0. The van der Waals surface area contributed by atoms with Gasteiger partial charge in [0.1, 0.15) is 6.29 Å². The second-order valence-corrected chi connectivity index (χ2v) is 6.75. The maximum absolute atomic E-state index is 12.5. The molecule has 1 aliphatic heterocycles. The first-order chi connectivity index (χ1) is 7.82. The predicted octanol–water partition coefficient (Wildman–Crippen LogP) is 2.61. The van der Waals surface area contributed by atoms with Crippen molar-refractivity contribution in [1.29, 1.82) is 0 Å². The Morgan fingerprint density at radius 2 is 1.76 bits per heavy atom. The van der Waals surface area contributed by atoms with Gasteiger partial charge in [0.2, 0.25) is 5.91 Å². The van der Waals surface area contributed by atoms with Crippen molar-refractivity contribution in [3.63, 3.8) is 0 Å². The molecule has 0 unspecified atom stereocenters. The van der Waals surface area contributed by atoms with Crippen LogP contribution in [0.3, 0.4) is 0 Å². The third kappa shape index (κ3) is 4.78. The molecule has 5 nitrogen and oxygen atoms in total. The average Bonchev–Trinajstić information content (AvgIpc) is 2.47. The molecular weight excluding hydrogens is 241 g/mol. The Kier molecular flexibility index (Phi) is 5.17. The standard InChI is InChI=1S/C11H22NO4P/c1-9(2)15-17(14,16-10(3)4)8-12-7-5-6-11(12)13/h9-10H,5-8H2,1-4H3. The molecule has 6 heteroatoms. The second kappa shape index (κ2) is 5.98. The highest BCUT2D eigenvalue weighted by atomic mass is 31.2. The number of amides is 1. The summed E-state index contributed by atoms with van der Waals surface area (Å²) < 4.78 is 23.3. The van der Waals surface area contributed by atoms with E-state index in [1.807, 2.05) is 27.7 Å². The monoisotopic (exact) mass is 263 g/mol. The molecule has 0 aromatic rings. The van der Waals surface area contributed by atoms with Gasteiger partial charge in [0.25, 0.3) is 0 Å². The van der Waals surface area contributed by atoms with Gasteiger partial charge in [-0.2, -0.15) is 0 Å². The third-order valence-corrected chi connectivity index (χ3v) is 4.43. The van der Waals surface area contributed by atoms with Gasteiger partial charge in [-0.05, 0) is 34.1 Å². The van der Waals surface area contributed by atoms with E-state index in [1.165, 1.54) is 0 Å². The van der Waals surface area contributed by atoms with E-state index in [9.17, 15) is 9.36 Å². The number of carbonyl (C=O) groups excluding carboxylic acids is 1. The molecule has 1 aliphatic rings. The summed E-state index contributed by atoms with van der Waals surface area (Å²) in [5, 5.41) is 0. The molecule has 1 amide bonds. The minimum atomic E-state index is -3.21. The lowest BCUT2D eigenvalue weighted by Gasteiger charge is -2.26. The molecule has 17 heavy (non-hydrogen) atoms. The van der Waals surface area contributed by atoms with E-state index in [0.29, 0.717) is 13.0 Å². The molecule has 0 N–H and O–H groups in total. The fourth-order valence-electron chi connectivity index (χ4n) is 1.80. The SMILES string of the molecule is CC(C)OP(=O)(CN1CCCC1=O)OC(C)C. The average molecular weight is 263 g/mol. The molecule has 0 atom stereocenters. The summed E-state index contributed by atoms with van der Waals surface area (Å²) in [6.45, 7) is 7.88. The Balaban J connectivity index is 2.68. The van der Waals surface area contributed by atoms with Gasteiger partial charge in [-0.3, -0.25) is 9.36 Å². The van der Waals surface area contributed by atoms with Crippen LogP contribution in [-0.2, 0) is 18.4 Å². The third-order valence-electron chi connectivity index (χ3n) is 2.26. The Morgan fingerprint density at radius 1 is 1.24 bits per heavy atom. The fraction of sp³-hybridized carbons (Fsp3) is 0.909. The van der Waals surface area contributed by atoms with E-state index < -0.39 is 7.60 Å². The number of carbonyl (C=O) groups is 1. The molecule has 0 aromatic carbocycles. The van der Waals surface area contributed by atoms with Gasteiger partial charge in [0, 0.05) is 13.0 Å². The van der Waals surface area contributed by atoms with E-state index in [0.717, 1.165) is 6.42 Å². The molecule has 0 bridgehead atoms. The molecule has 0 aliphatic carbocycles. The van der Waals surface area contributed by atoms with E-state index in [1.54, 1.807) is 4.90 Å². The quantitative estimate of drug-likeness (QED) is 0.691. The Hall–Kier alpha value is -0.380. The lowest BCUT2D eigenvalue weighted by Crippen LogP contribution is -2.28. The van der Waals surface area contributed by atoms with Crippen molar-refractivity contribution in [1.82, 2.24) is 4.90 Å². The van der Waals surface area contributed by atoms with Crippen molar-refractivity contribution in [2.75, 3.05) is 12.8 Å². The van der Waals surface area contributed by atoms with Gasteiger partial charge < -0.3 is 13.9 Å². The van der Waals surface area contributed by atoms with Crippen LogP contribution in [-0.4, -0.2) is 35.8 Å². The normalized spacial score (nSPS) is 17.5. The molecule has 100 valence electrons. The lowest BCUT2D eigenvalue weighted by molar-refractivity contribution is -0.127. The van der Waals surface area contributed by atoms with E-state index in [4.69, 9.17) is 9.05 Å². The number of hydrogen-bond donors (Lipinski definition) is 0. The van der Waals surface area contributed by atoms with E-state index in [-0.39, 0.29) is 24.4 Å². The fourth-order valence-corrected chi connectivity index (χ4v) is 3.98. The van der Waals surface area contributed by atoms with Gasteiger partial charge in [-0.25, -0.2) is 0 Å². The van der Waals surface area contributed by atoms with Crippen LogP contribution in [0, 0.1) is 0 Å². The molecule has 0 aromatic heterocycles. The van der Waals surface area contributed by atoms with Crippen LogP contribution in [0.4, 0.5) is 0 Å². The maximum Gasteiger partial charge on any atom is 0.350 e. The maximum atomic E-state index is 12.5. The molecule has 0 spiro atoms. The first kappa shape index (κ1) is 14.7. The van der Waals surface area contributed by atoms with Crippen LogP contribution in [0.5, 0.6) is 0 Å². The Morgan fingerprint density at radius 3 is 2.12 bits per heavy atom. The topological polar surface area (TPSA) is 55.8 Å². The van der Waals surface area contributed by atoms with Crippen LogP contribution >= 0.6 is 7.60 Å². The minimum absolute atomic E-state index is 0.0323. The van der Waals surface area contributed by atoms with Crippen molar-refractivity contribution in [2.24, 2.45) is 0 Å². The molecule has 1 saturated heterocycles. The van der Waals surface area contributed by atoms with Crippen molar-refractivity contribution < 1.29 is 18.4 Å². The number of hydrogen-bond acceptors (Lipinski definition) is 4. The van der Waals surface area contributed by atoms with Gasteiger partial charge in [0.15, 0.2) is 0 Å². The molecule has 1 rings (SSSR count). The zero-order valence-electron chi connectivity index (χ0n) is 11.0.